The molecule has 4 nitrogen and oxygen atoms in total. The first-order chi connectivity index (χ1) is 9.53. The van der Waals surface area contributed by atoms with Gasteiger partial charge in [-0.2, -0.15) is 0 Å². The second kappa shape index (κ2) is 6.27. The van der Waals surface area contributed by atoms with Gasteiger partial charge in [-0.15, -0.1) is 0 Å². The van der Waals surface area contributed by atoms with E-state index in [1.54, 1.807) is 4.90 Å². The molecule has 0 bridgehead atoms. The average Bonchev–Trinajstić information content (AvgIpc) is 2.88. The highest BCUT2D eigenvalue weighted by Gasteiger charge is 2.37. The molecule has 1 aliphatic rings. The molecule has 1 aliphatic heterocycles. The standard InChI is InChI=1S/C16H24N2O2/c1-13-6-4-5-7-14(13)20-11-10-18(3)15(19)16(2)8-9-17-12-16/h4-7,17H,8-12H2,1-3H3/t16-/m0/s1. The molecule has 1 heterocycles. The Balaban J connectivity index is 1.82. The van der Waals surface area contributed by atoms with Gasteiger partial charge in [0.1, 0.15) is 12.4 Å². The number of nitrogens with zero attached hydrogens (tertiary/aromatic N) is 1. The number of hydrogen-bond donors (Lipinski definition) is 1. The SMILES string of the molecule is Cc1ccccc1OCCN(C)C(=O)[C@@]1(C)CCNC1. The van der Waals surface area contributed by atoms with Crippen LogP contribution >= 0.6 is 0 Å². The van der Waals surface area contributed by atoms with Crippen molar-refractivity contribution in [2.75, 3.05) is 33.3 Å². The molecule has 1 fully saturated rings. The molecule has 2 rings (SSSR count). The summed E-state index contributed by atoms with van der Waals surface area (Å²) in [6.07, 6.45) is 0.912. The zero-order valence-corrected chi connectivity index (χ0v) is 12.6. The lowest BCUT2D eigenvalue weighted by atomic mass is 9.88. The monoisotopic (exact) mass is 276 g/mol. The molecule has 1 aromatic carbocycles. The molecular weight excluding hydrogens is 252 g/mol. The van der Waals surface area contributed by atoms with Gasteiger partial charge >= 0.3 is 0 Å². The van der Waals surface area contributed by atoms with E-state index in [1.807, 2.05) is 45.2 Å². The fourth-order valence-corrected chi connectivity index (χ4v) is 2.57. The van der Waals surface area contributed by atoms with Crippen molar-refractivity contribution in [2.24, 2.45) is 5.41 Å². The van der Waals surface area contributed by atoms with Crippen molar-refractivity contribution in [3.63, 3.8) is 0 Å². The minimum absolute atomic E-state index is 0.205. The second-order valence-corrected chi connectivity index (χ2v) is 5.83. The zero-order chi connectivity index (χ0) is 14.6. The van der Waals surface area contributed by atoms with E-state index in [9.17, 15) is 4.79 Å². The first kappa shape index (κ1) is 14.9. The summed E-state index contributed by atoms with van der Waals surface area (Å²) in [5.74, 6) is 1.10. The van der Waals surface area contributed by atoms with Gasteiger partial charge in [0.25, 0.3) is 0 Å². The Hall–Kier alpha value is -1.55. The number of ether oxygens (including phenoxy) is 1. The molecule has 0 unspecified atom stereocenters. The van der Waals surface area contributed by atoms with Gasteiger partial charge < -0.3 is 15.0 Å². The van der Waals surface area contributed by atoms with Gasteiger partial charge in [0, 0.05) is 13.6 Å². The quantitative estimate of drug-likeness (QED) is 0.892. The summed E-state index contributed by atoms with van der Waals surface area (Å²) in [7, 11) is 1.85. The highest BCUT2D eigenvalue weighted by molar-refractivity contribution is 5.82. The van der Waals surface area contributed by atoms with Crippen LogP contribution in [0.1, 0.15) is 18.9 Å². The Bertz CT molecular complexity index is 467. The molecule has 1 N–H and O–H groups in total. The summed E-state index contributed by atoms with van der Waals surface area (Å²) in [4.78, 5) is 14.2. The molecule has 0 radical (unpaired) electrons. The second-order valence-electron chi connectivity index (χ2n) is 5.83. The molecule has 1 saturated heterocycles. The fraction of sp³-hybridized carbons (Fsp3) is 0.562. The average molecular weight is 276 g/mol. The zero-order valence-electron chi connectivity index (χ0n) is 12.6. The number of amides is 1. The summed E-state index contributed by atoms with van der Waals surface area (Å²) in [5.41, 5.74) is 0.866. The first-order valence-corrected chi connectivity index (χ1v) is 7.18. The number of benzene rings is 1. The maximum absolute atomic E-state index is 12.4. The van der Waals surface area contributed by atoms with E-state index in [2.05, 4.69) is 5.32 Å². The summed E-state index contributed by atoms with van der Waals surface area (Å²) in [5, 5.41) is 3.26. The summed E-state index contributed by atoms with van der Waals surface area (Å²) >= 11 is 0. The van der Waals surface area contributed by atoms with Crippen LogP contribution in [0.5, 0.6) is 5.75 Å². The van der Waals surface area contributed by atoms with Crippen LogP contribution in [0.25, 0.3) is 0 Å². The maximum atomic E-state index is 12.4. The summed E-state index contributed by atoms with van der Waals surface area (Å²) in [6.45, 7) is 6.90. The lowest BCUT2D eigenvalue weighted by Gasteiger charge is -2.28. The normalized spacial score (nSPS) is 21.8. The largest absolute Gasteiger partial charge is 0.491 e. The Kier molecular flexibility index (Phi) is 4.65. The van der Waals surface area contributed by atoms with Crippen LogP contribution in [-0.4, -0.2) is 44.1 Å². The molecule has 1 amide bonds. The Labute approximate surface area is 121 Å². The highest BCUT2D eigenvalue weighted by atomic mass is 16.5. The predicted octanol–water partition coefficient (Wildman–Crippen LogP) is 1.83. The first-order valence-electron chi connectivity index (χ1n) is 7.18. The van der Waals surface area contributed by atoms with Crippen molar-refractivity contribution >= 4 is 5.91 Å². The molecule has 1 aromatic rings. The van der Waals surface area contributed by atoms with Gasteiger partial charge in [-0.05, 0) is 38.4 Å². The summed E-state index contributed by atoms with van der Waals surface area (Å²) < 4.78 is 5.74. The van der Waals surface area contributed by atoms with Crippen molar-refractivity contribution in [3.8, 4) is 5.75 Å². The number of hydrogen-bond acceptors (Lipinski definition) is 3. The lowest BCUT2D eigenvalue weighted by molar-refractivity contribution is -0.139. The maximum Gasteiger partial charge on any atom is 0.229 e. The molecule has 4 heteroatoms. The van der Waals surface area contributed by atoms with E-state index in [1.165, 1.54) is 0 Å². The van der Waals surface area contributed by atoms with Gasteiger partial charge in [0.2, 0.25) is 5.91 Å². The third-order valence-electron chi connectivity index (χ3n) is 4.01. The molecule has 1 atom stereocenters. The Morgan fingerprint density at radius 3 is 2.85 bits per heavy atom. The molecule has 110 valence electrons. The Morgan fingerprint density at radius 1 is 1.45 bits per heavy atom. The van der Waals surface area contributed by atoms with Gasteiger partial charge in [-0.1, -0.05) is 18.2 Å². The third-order valence-corrected chi connectivity index (χ3v) is 4.01. The van der Waals surface area contributed by atoms with E-state index < -0.39 is 0 Å². The number of nitrogens with one attached hydrogen (secondary N) is 1. The molecular formula is C16H24N2O2. The van der Waals surface area contributed by atoms with Crippen LogP contribution < -0.4 is 10.1 Å². The topological polar surface area (TPSA) is 41.6 Å². The smallest absolute Gasteiger partial charge is 0.229 e. The number of carbonyl (C=O) groups is 1. The van der Waals surface area contributed by atoms with Gasteiger partial charge in [0.05, 0.1) is 12.0 Å². The van der Waals surface area contributed by atoms with E-state index in [4.69, 9.17) is 4.74 Å². The molecule has 0 saturated carbocycles. The minimum Gasteiger partial charge on any atom is -0.491 e. The van der Waals surface area contributed by atoms with Gasteiger partial charge in [-0.3, -0.25) is 4.79 Å². The van der Waals surface area contributed by atoms with E-state index in [0.29, 0.717) is 13.2 Å². The lowest BCUT2D eigenvalue weighted by Crippen LogP contribution is -2.43. The number of para-hydroxylation sites is 1. The third kappa shape index (κ3) is 3.31. The van der Waals surface area contributed by atoms with Gasteiger partial charge in [0.15, 0.2) is 0 Å². The van der Waals surface area contributed by atoms with Crippen molar-refractivity contribution < 1.29 is 9.53 Å². The van der Waals surface area contributed by atoms with Crippen molar-refractivity contribution in [1.82, 2.24) is 10.2 Å². The number of likely N-dealkylation sites (N-methyl/N-ethyl adjacent to an activating group) is 1. The van der Waals surface area contributed by atoms with E-state index in [-0.39, 0.29) is 11.3 Å². The molecule has 0 aromatic heterocycles. The number of rotatable bonds is 5. The van der Waals surface area contributed by atoms with Crippen LogP contribution in [0.3, 0.4) is 0 Å². The van der Waals surface area contributed by atoms with Crippen molar-refractivity contribution in [3.05, 3.63) is 29.8 Å². The molecule has 0 spiro atoms. The van der Waals surface area contributed by atoms with Crippen molar-refractivity contribution in [1.29, 1.82) is 0 Å². The van der Waals surface area contributed by atoms with Crippen LogP contribution in [0, 0.1) is 12.3 Å². The summed E-state index contributed by atoms with van der Waals surface area (Å²) in [6, 6.07) is 7.93. The number of aryl methyl sites for hydroxylation is 1. The highest BCUT2D eigenvalue weighted by Crippen LogP contribution is 2.26. The minimum atomic E-state index is -0.253. The van der Waals surface area contributed by atoms with Crippen LogP contribution in [-0.2, 0) is 4.79 Å². The van der Waals surface area contributed by atoms with Crippen LogP contribution in [0.2, 0.25) is 0 Å². The number of carbonyl (C=O) groups excluding carboxylic acids is 1. The fourth-order valence-electron chi connectivity index (χ4n) is 2.57. The molecule has 0 aliphatic carbocycles. The van der Waals surface area contributed by atoms with Crippen LogP contribution in [0.15, 0.2) is 24.3 Å². The molecule has 20 heavy (non-hydrogen) atoms. The van der Waals surface area contributed by atoms with E-state index in [0.717, 1.165) is 30.8 Å². The van der Waals surface area contributed by atoms with Crippen LogP contribution in [0.4, 0.5) is 0 Å². The van der Waals surface area contributed by atoms with Crippen molar-refractivity contribution in [2.45, 2.75) is 20.3 Å². The van der Waals surface area contributed by atoms with Gasteiger partial charge in [-0.25, -0.2) is 0 Å². The Morgan fingerprint density at radius 2 is 2.20 bits per heavy atom. The predicted molar refractivity (Wildman–Crippen MR) is 79.9 cm³/mol. The van der Waals surface area contributed by atoms with E-state index >= 15 is 0 Å².